The first-order valence-electron chi connectivity index (χ1n) is 6.35. The second-order valence-electron chi connectivity index (χ2n) is 5.29. The highest BCUT2D eigenvalue weighted by atomic mass is 16.6. The summed E-state index contributed by atoms with van der Waals surface area (Å²) >= 11 is 0. The summed E-state index contributed by atoms with van der Waals surface area (Å²) in [6.07, 6.45) is 2.96. The van der Waals surface area contributed by atoms with Gasteiger partial charge in [0, 0.05) is 30.0 Å². The summed E-state index contributed by atoms with van der Waals surface area (Å²) in [5.74, 6) is 0. The second-order valence-corrected chi connectivity index (χ2v) is 5.29. The Labute approximate surface area is 112 Å². The van der Waals surface area contributed by atoms with Crippen LogP contribution in [0.4, 0.5) is 10.5 Å². The Kier molecular flexibility index (Phi) is 3.46. The number of nitrogens with zero attached hydrogens (tertiary/aromatic N) is 2. The van der Waals surface area contributed by atoms with Gasteiger partial charge in [0.15, 0.2) is 5.65 Å². The molecular weight excluding hydrogens is 242 g/mol. The molecule has 0 saturated carbocycles. The Morgan fingerprint density at radius 1 is 1.42 bits per heavy atom. The topological polar surface area (TPSA) is 56.2 Å². The van der Waals surface area contributed by atoms with Gasteiger partial charge in [-0.3, -0.25) is 0 Å². The van der Waals surface area contributed by atoms with Crippen molar-refractivity contribution >= 4 is 22.8 Å². The van der Waals surface area contributed by atoms with Gasteiger partial charge in [-0.25, -0.2) is 14.3 Å². The van der Waals surface area contributed by atoms with Crippen LogP contribution in [0.25, 0.3) is 11.0 Å². The maximum Gasteiger partial charge on any atom is 0.420 e. The summed E-state index contributed by atoms with van der Waals surface area (Å²) in [5, 5.41) is 4.16. The van der Waals surface area contributed by atoms with Crippen molar-refractivity contribution in [2.24, 2.45) is 0 Å². The summed E-state index contributed by atoms with van der Waals surface area (Å²) in [7, 11) is 0. The van der Waals surface area contributed by atoms with Crippen LogP contribution < -0.4 is 5.32 Å². The molecule has 2 rings (SSSR count). The molecule has 0 aromatic carbocycles. The number of ether oxygens (including phenoxy) is 1. The molecule has 0 atom stereocenters. The number of hydrogen-bond donors (Lipinski definition) is 1. The molecular formula is C14H19N3O2. The molecule has 0 fully saturated rings. The molecule has 2 aromatic rings. The van der Waals surface area contributed by atoms with Gasteiger partial charge in [0.2, 0.25) is 0 Å². The number of fused-ring (bicyclic) bond motifs is 1. The predicted octanol–water partition coefficient (Wildman–Crippen LogP) is 3.25. The van der Waals surface area contributed by atoms with Gasteiger partial charge in [0.1, 0.15) is 5.60 Å². The van der Waals surface area contributed by atoms with Gasteiger partial charge in [-0.05, 0) is 39.8 Å². The van der Waals surface area contributed by atoms with Crippen LogP contribution in [0.1, 0.15) is 27.7 Å². The van der Waals surface area contributed by atoms with E-state index in [9.17, 15) is 4.79 Å². The molecule has 102 valence electrons. The summed E-state index contributed by atoms with van der Waals surface area (Å²) in [5.41, 5.74) is 1.05. The minimum absolute atomic E-state index is 0.413. The fourth-order valence-electron chi connectivity index (χ4n) is 1.84. The normalized spacial score (nSPS) is 11.6. The van der Waals surface area contributed by atoms with E-state index in [2.05, 4.69) is 10.3 Å². The largest absolute Gasteiger partial charge is 0.443 e. The highest BCUT2D eigenvalue weighted by Gasteiger charge is 2.19. The van der Waals surface area contributed by atoms with E-state index in [-0.39, 0.29) is 0 Å². The second kappa shape index (κ2) is 4.91. The number of hydrogen-bond acceptors (Lipinski definition) is 4. The van der Waals surface area contributed by atoms with Crippen LogP contribution in [0.2, 0.25) is 0 Å². The third-order valence-corrected chi connectivity index (χ3v) is 2.54. The molecule has 0 unspecified atom stereocenters. The van der Waals surface area contributed by atoms with Crippen molar-refractivity contribution in [2.45, 2.75) is 33.3 Å². The van der Waals surface area contributed by atoms with Crippen LogP contribution in [0.15, 0.2) is 24.5 Å². The number of carbonyl (C=O) groups excluding carboxylic acids is 1. The Morgan fingerprint density at radius 2 is 2.16 bits per heavy atom. The summed E-state index contributed by atoms with van der Waals surface area (Å²) in [6.45, 7) is 8.37. The van der Waals surface area contributed by atoms with Gasteiger partial charge < -0.3 is 10.1 Å². The molecule has 0 aliphatic carbocycles. The minimum Gasteiger partial charge on any atom is -0.443 e. The zero-order valence-electron chi connectivity index (χ0n) is 11.7. The molecule has 0 amide bonds. The fraction of sp³-hybridized carbons (Fsp3) is 0.429. The van der Waals surface area contributed by atoms with E-state index in [1.165, 1.54) is 4.57 Å². The monoisotopic (exact) mass is 261 g/mol. The van der Waals surface area contributed by atoms with Crippen LogP contribution >= 0.6 is 0 Å². The third kappa shape index (κ3) is 2.86. The molecule has 5 nitrogen and oxygen atoms in total. The zero-order chi connectivity index (χ0) is 14.0. The molecule has 0 saturated heterocycles. The first kappa shape index (κ1) is 13.4. The van der Waals surface area contributed by atoms with Gasteiger partial charge in [0.25, 0.3) is 0 Å². The lowest BCUT2D eigenvalue weighted by Crippen LogP contribution is -2.26. The SMILES string of the molecule is CCNc1ccnc2c1ccn2C(=O)OC(C)(C)C. The van der Waals surface area contributed by atoms with E-state index in [0.29, 0.717) is 5.65 Å². The molecule has 0 aliphatic rings. The number of rotatable bonds is 2. The van der Waals surface area contributed by atoms with Crippen molar-refractivity contribution in [3.05, 3.63) is 24.5 Å². The van der Waals surface area contributed by atoms with Gasteiger partial charge in [-0.1, -0.05) is 0 Å². The predicted molar refractivity (Wildman–Crippen MR) is 75.5 cm³/mol. The lowest BCUT2D eigenvalue weighted by molar-refractivity contribution is 0.0543. The average molecular weight is 261 g/mol. The molecule has 2 aromatic heterocycles. The van der Waals surface area contributed by atoms with Crippen LogP contribution in [0.3, 0.4) is 0 Å². The highest BCUT2D eigenvalue weighted by Crippen LogP contribution is 2.23. The number of anilines is 1. The summed E-state index contributed by atoms with van der Waals surface area (Å²) < 4.78 is 6.79. The van der Waals surface area contributed by atoms with Crippen LogP contribution in [0, 0.1) is 0 Å². The minimum atomic E-state index is -0.521. The number of pyridine rings is 1. The number of aromatic nitrogens is 2. The summed E-state index contributed by atoms with van der Waals surface area (Å²) in [6, 6.07) is 3.76. The van der Waals surface area contributed by atoms with Crippen LogP contribution in [-0.2, 0) is 4.74 Å². The van der Waals surface area contributed by atoms with Crippen LogP contribution in [-0.4, -0.2) is 27.8 Å². The lowest BCUT2D eigenvalue weighted by Gasteiger charge is -2.19. The average Bonchev–Trinajstić information content (AvgIpc) is 2.72. The van der Waals surface area contributed by atoms with Crippen molar-refractivity contribution in [2.75, 3.05) is 11.9 Å². The van der Waals surface area contributed by atoms with Crippen molar-refractivity contribution in [3.63, 3.8) is 0 Å². The molecule has 0 radical (unpaired) electrons. The first-order chi connectivity index (χ1) is 8.92. The molecule has 19 heavy (non-hydrogen) atoms. The maximum absolute atomic E-state index is 12.1. The zero-order valence-corrected chi connectivity index (χ0v) is 11.7. The van der Waals surface area contributed by atoms with Gasteiger partial charge in [-0.2, -0.15) is 0 Å². The Balaban J connectivity index is 2.41. The van der Waals surface area contributed by atoms with E-state index < -0.39 is 11.7 Å². The quantitative estimate of drug-likeness (QED) is 0.901. The Morgan fingerprint density at radius 3 is 2.79 bits per heavy atom. The smallest absolute Gasteiger partial charge is 0.420 e. The van der Waals surface area contributed by atoms with Gasteiger partial charge in [-0.15, -0.1) is 0 Å². The standard InChI is InChI=1S/C14H19N3O2/c1-5-15-11-6-8-16-12-10(11)7-9-17(12)13(18)19-14(2,3)4/h6-9H,5H2,1-4H3,(H,15,16). The molecule has 0 bridgehead atoms. The van der Waals surface area contributed by atoms with Crippen molar-refractivity contribution in [1.82, 2.24) is 9.55 Å². The maximum atomic E-state index is 12.1. The Hall–Kier alpha value is -2.04. The molecule has 5 heteroatoms. The van der Waals surface area contributed by atoms with Crippen LogP contribution in [0.5, 0.6) is 0 Å². The Bertz CT molecular complexity index is 596. The van der Waals surface area contributed by atoms with E-state index in [0.717, 1.165) is 17.6 Å². The molecule has 0 spiro atoms. The number of carbonyl (C=O) groups is 1. The van der Waals surface area contributed by atoms with Gasteiger partial charge >= 0.3 is 6.09 Å². The number of nitrogens with one attached hydrogen (secondary N) is 1. The molecule has 0 aliphatic heterocycles. The lowest BCUT2D eigenvalue weighted by atomic mass is 10.2. The highest BCUT2D eigenvalue weighted by molar-refractivity contribution is 5.94. The first-order valence-corrected chi connectivity index (χ1v) is 6.35. The van der Waals surface area contributed by atoms with E-state index in [1.807, 2.05) is 39.8 Å². The molecule has 1 N–H and O–H groups in total. The van der Waals surface area contributed by atoms with E-state index >= 15 is 0 Å². The van der Waals surface area contributed by atoms with Crippen molar-refractivity contribution in [1.29, 1.82) is 0 Å². The summed E-state index contributed by atoms with van der Waals surface area (Å²) in [4.78, 5) is 16.3. The fourth-order valence-corrected chi connectivity index (χ4v) is 1.84. The van der Waals surface area contributed by atoms with E-state index in [4.69, 9.17) is 4.74 Å². The van der Waals surface area contributed by atoms with Crippen molar-refractivity contribution in [3.8, 4) is 0 Å². The van der Waals surface area contributed by atoms with Gasteiger partial charge in [0.05, 0.1) is 0 Å². The third-order valence-electron chi connectivity index (χ3n) is 2.54. The van der Waals surface area contributed by atoms with Crippen molar-refractivity contribution < 1.29 is 9.53 Å². The molecule has 2 heterocycles. The van der Waals surface area contributed by atoms with E-state index in [1.54, 1.807) is 12.4 Å².